The van der Waals surface area contributed by atoms with Gasteiger partial charge in [0.1, 0.15) is 0 Å². The zero-order valence-corrected chi connectivity index (χ0v) is 15.1. The van der Waals surface area contributed by atoms with E-state index >= 15 is 0 Å². The molecule has 0 aliphatic carbocycles. The van der Waals surface area contributed by atoms with Gasteiger partial charge in [-0.15, -0.1) is 12.4 Å². The number of piperidine rings is 1. The summed E-state index contributed by atoms with van der Waals surface area (Å²) in [5.41, 5.74) is 1.26. The molecule has 0 bridgehead atoms. The summed E-state index contributed by atoms with van der Waals surface area (Å²) in [5, 5.41) is 3.41. The Bertz CT molecular complexity index is 511. The van der Waals surface area contributed by atoms with Crippen molar-refractivity contribution >= 4 is 18.3 Å². The number of rotatable bonds is 4. The van der Waals surface area contributed by atoms with E-state index in [0.29, 0.717) is 17.9 Å². The lowest BCUT2D eigenvalue weighted by atomic mass is 9.76. The monoisotopic (exact) mass is 336 g/mol. The van der Waals surface area contributed by atoms with Gasteiger partial charge < -0.3 is 10.2 Å². The molecule has 4 heteroatoms. The first-order valence-electron chi connectivity index (χ1n) is 8.66. The van der Waals surface area contributed by atoms with Crippen LogP contribution in [0.2, 0.25) is 0 Å². The van der Waals surface area contributed by atoms with Gasteiger partial charge in [0.05, 0.1) is 5.41 Å². The molecule has 0 saturated carbocycles. The Hall–Kier alpha value is -1.06. The van der Waals surface area contributed by atoms with Crippen molar-refractivity contribution in [3.05, 3.63) is 35.9 Å². The summed E-state index contributed by atoms with van der Waals surface area (Å²) in [6, 6.07) is 11.0. The smallest absolute Gasteiger partial charge is 0.229 e. The van der Waals surface area contributed by atoms with Crippen molar-refractivity contribution in [3.63, 3.8) is 0 Å². The van der Waals surface area contributed by atoms with Crippen LogP contribution >= 0.6 is 12.4 Å². The van der Waals surface area contributed by atoms with Crippen molar-refractivity contribution in [2.24, 2.45) is 11.3 Å². The molecule has 3 nitrogen and oxygen atoms in total. The molecule has 1 spiro atoms. The average Bonchev–Trinajstić information content (AvgIpc) is 2.74. The quantitative estimate of drug-likeness (QED) is 0.915. The normalized spacial score (nSPS) is 23.3. The number of halogens is 1. The van der Waals surface area contributed by atoms with E-state index < -0.39 is 0 Å². The van der Waals surface area contributed by atoms with Crippen molar-refractivity contribution in [1.82, 2.24) is 10.2 Å². The van der Waals surface area contributed by atoms with Gasteiger partial charge in [0, 0.05) is 12.6 Å². The van der Waals surface area contributed by atoms with Crippen LogP contribution in [0.25, 0.3) is 0 Å². The lowest BCUT2D eigenvalue weighted by molar-refractivity contribution is -0.138. The van der Waals surface area contributed by atoms with E-state index in [4.69, 9.17) is 0 Å². The Kier molecular flexibility index (Phi) is 6.10. The maximum absolute atomic E-state index is 13.1. The molecule has 2 saturated heterocycles. The first-order valence-corrected chi connectivity index (χ1v) is 8.66. The number of benzene rings is 1. The SMILES string of the molecule is CC(C)CN1C(=O)C2(CCNCC2)CC1Cc1ccccc1.Cl. The summed E-state index contributed by atoms with van der Waals surface area (Å²) in [6.07, 6.45) is 4.04. The largest absolute Gasteiger partial charge is 0.339 e. The summed E-state index contributed by atoms with van der Waals surface area (Å²) in [4.78, 5) is 15.3. The first kappa shape index (κ1) is 18.3. The summed E-state index contributed by atoms with van der Waals surface area (Å²) in [5.74, 6) is 0.947. The lowest BCUT2D eigenvalue weighted by Gasteiger charge is -2.32. The Balaban J connectivity index is 0.00000192. The number of hydrogen-bond donors (Lipinski definition) is 1. The van der Waals surface area contributed by atoms with E-state index in [1.165, 1.54) is 5.56 Å². The van der Waals surface area contributed by atoms with Crippen molar-refractivity contribution in [2.75, 3.05) is 19.6 Å². The van der Waals surface area contributed by atoms with E-state index in [1.807, 2.05) is 0 Å². The topological polar surface area (TPSA) is 32.3 Å². The van der Waals surface area contributed by atoms with Crippen LogP contribution in [0.15, 0.2) is 30.3 Å². The van der Waals surface area contributed by atoms with E-state index in [2.05, 4.69) is 54.4 Å². The summed E-state index contributed by atoms with van der Waals surface area (Å²) < 4.78 is 0. The van der Waals surface area contributed by atoms with Gasteiger partial charge in [-0.05, 0) is 50.3 Å². The number of nitrogens with zero attached hydrogens (tertiary/aromatic N) is 1. The Morgan fingerprint density at radius 3 is 2.48 bits per heavy atom. The fraction of sp³-hybridized carbons (Fsp3) is 0.632. The molecule has 1 aromatic carbocycles. The van der Waals surface area contributed by atoms with Gasteiger partial charge >= 0.3 is 0 Å². The van der Waals surface area contributed by atoms with Crippen LogP contribution in [0.5, 0.6) is 0 Å². The second kappa shape index (κ2) is 7.67. The highest BCUT2D eigenvalue weighted by molar-refractivity contribution is 5.86. The first-order chi connectivity index (χ1) is 10.6. The van der Waals surface area contributed by atoms with Crippen LogP contribution in [0, 0.1) is 11.3 Å². The standard InChI is InChI=1S/C19H28N2O.ClH/c1-15(2)14-21-17(12-16-6-4-3-5-7-16)13-19(18(21)22)8-10-20-11-9-19;/h3-7,15,17,20H,8-14H2,1-2H3;1H. The van der Waals surface area contributed by atoms with Crippen molar-refractivity contribution in [2.45, 2.75) is 45.6 Å². The van der Waals surface area contributed by atoms with Crippen LogP contribution in [-0.4, -0.2) is 36.5 Å². The summed E-state index contributed by atoms with van der Waals surface area (Å²) in [6.45, 7) is 7.28. The fourth-order valence-corrected chi connectivity index (χ4v) is 4.14. The van der Waals surface area contributed by atoms with Crippen molar-refractivity contribution < 1.29 is 4.79 Å². The molecule has 1 N–H and O–H groups in total. The van der Waals surface area contributed by atoms with Gasteiger partial charge in [-0.25, -0.2) is 0 Å². The predicted octanol–water partition coefficient (Wildman–Crippen LogP) is 3.28. The fourth-order valence-electron chi connectivity index (χ4n) is 4.14. The maximum Gasteiger partial charge on any atom is 0.229 e. The van der Waals surface area contributed by atoms with Gasteiger partial charge in [0.15, 0.2) is 0 Å². The van der Waals surface area contributed by atoms with E-state index in [1.54, 1.807) is 0 Å². The number of carbonyl (C=O) groups is 1. The zero-order chi connectivity index (χ0) is 15.6. The summed E-state index contributed by atoms with van der Waals surface area (Å²) in [7, 11) is 0. The van der Waals surface area contributed by atoms with Gasteiger partial charge in [0.2, 0.25) is 5.91 Å². The molecule has 1 amide bonds. The number of nitrogens with one attached hydrogen (secondary N) is 1. The highest BCUT2D eigenvalue weighted by Gasteiger charge is 2.51. The van der Waals surface area contributed by atoms with Crippen LogP contribution in [0.3, 0.4) is 0 Å². The van der Waals surface area contributed by atoms with E-state index in [-0.39, 0.29) is 17.8 Å². The van der Waals surface area contributed by atoms with E-state index in [9.17, 15) is 4.79 Å². The third-order valence-electron chi connectivity index (χ3n) is 5.22. The predicted molar refractivity (Wildman–Crippen MR) is 96.9 cm³/mol. The van der Waals surface area contributed by atoms with Gasteiger partial charge in [-0.1, -0.05) is 44.2 Å². The molecule has 0 radical (unpaired) electrons. The molecular weight excluding hydrogens is 308 g/mol. The molecule has 23 heavy (non-hydrogen) atoms. The lowest BCUT2D eigenvalue weighted by Crippen LogP contribution is -2.44. The van der Waals surface area contributed by atoms with Crippen LogP contribution < -0.4 is 5.32 Å². The second-order valence-corrected chi connectivity index (χ2v) is 7.43. The molecule has 128 valence electrons. The third-order valence-corrected chi connectivity index (χ3v) is 5.22. The number of amides is 1. The summed E-state index contributed by atoms with van der Waals surface area (Å²) >= 11 is 0. The number of hydrogen-bond acceptors (Lipinski definition) is 2. The van der Waals surface area contributed by atoms with Crippen LogP contribution in [0.4, 0.5) is 0 Å². The van der Waals surface area contributed by atoms with Crippen LogP contribution in [0.1, 0.15) is 38.7 Å². The zero-order valence-electron chi connectivity index (χ0n) is 14.3. The van der Waals surface area contributed by atoms with Crippen molar-refractivity contribution in [1.29, 1.82) is 0 Å². The second-order valence-electron chi connectivity index (χ2n) is 7.43. The Morgan fingerprint density at radius 1 is 1.22 bits per heavy atom. The molecule has 1 atom stereocenters. The molecule has 1 unspecified atom stereocenters. The molecule has 2 fully saturated rings. The Morgan fingerprint density at radius 2 is 1.87 bits per heavy atom. The molecular formula is C19H29ClN2O. The Labute approximate surface area is 146 Å². The average molecular weight is 337 g/mol. The molecule has 0 aromatic heterocycles. The van der Waals surface area contributed by atoms with Crippen molar-refractivity contribution in [3.8, 4) is 0 Å². The number of likely N-dealkylation sites (tertiary alicyclic amines) is 1. The van der Waals surface area contributed by atoms with E-state index in [0.717, 1.165) is 45.3 Å². The van der Waals surface area contributed by atoms with Crippen LogP contribution in [-0.2, 0) is 11.2 Å². The number of carbonyl (C=O) groups excluding carboxylic acids is 1. The highest BCUT2D eigenvalue weighted by Crippen LogP contribution is 2.44. The minimum atomic E-state index is -0.0837. The van der Waals surface area contributed by atoms with Gasteiger partial charge in [-0.2, -0.15) is 0 Å². The highest BCUT2D eigenvalue weighted by atomic mass is 35.5. The minimum absolute atomic E-state index is 0. The molecule has 2 aliphatic rings. The molecule has 2 aliphatic heterocycles. The van der Waals surface area contributed by atoms with Gasteiger partial charge in [-0.3, -0.25) is 4.79 Å². The minimum Gasteiger partial charge on any atom is -0.339 e. The molecule has 2 heterocycles. The maximum atomic E-state index is 13.1. The third kappa shape index (κ3) is 3.89. The van der Waals surface area contributed by atoms with Gasteiger partial charge in [0.25, 0.3) is 0 Å². The molecule has 3 rings (SSSR count). The molecule has 1 aromatic rings.